The van der Waals surface area contributed by atoms with Gasteiger partial charge in [0.2, 0.25) is 0 Å². The van der Waals surface area contributed by atoms with Crippen LogP contribution in [-0.2, 0) is 11.2 Å². The average Bonchev–Trinajstić information content (AvgIpc) is 2.37. The monoisotopic (exact) mass is 320 g/mol. The van der Waals surface area contributed by atoms with Gasteiger partial charge >= 0.3 is 0 Å². The third-order valence-corrected chi connectivity index (χ3v) is 3.78. The molecule has 0 saturated carbocycles. The molecule has 1 aromatic carbocycles. The Morgan fingerprint density at radius 2 is 1.89 bits per heavy atom. The summed E-state index contributed by atoms with van der Waals surface area (Å²) in [7, 11) is 0. The quantitative estimate of drug-likeness (QED) is 0.844. The van der Waals surface area contributed by atoms with E-state index in [1.54, 1.807) is 13.8 Å². The third kappa shape index (κ3) is 2.95. The number of hydrogen-bond acceptors (Lipinski definition) is 2. The number of Topliss-reactive ketones (excluding diaryl/α,β-unsaturated/α-hetero) is 1. The SMILES string of the molecule is CCC(O)(CC)C(=O)Cc1c(F)ccc(Br)c1F. The highest BCUT2D eigenvalue weighted by Gasteiger charge is 2.32. The lowest BCUT2D eigenvalue weighted by Crippen LogP contribution is -2.38. The largest absolute Gasteiger partial charge is 0.382 e. The van der Waals surface area contributed by atoms with Gasteiger partial charge in [0.05, 0.1) is 4.47 Å². The Morgan fingerprint density at radius 1 is 1.33 bits per heavy atom. The van der Waals surface area contributed by atoms with Gasteiger partial charge in [-0.15, -0.1) is 0 Å². The highest BCUT2D eigenvalue weighted by Crippen LogP contribution is 2.25. The van der Waals surface area contributed by atoms with Gasteiger partial charge in [0, 0.05) is 12.0 Å². The van der Waals surface area contributed by atoms with E-state index >= 15 is 0 Å². The molecule has 0 amide bonds. The van der Waals surface area contributed by atoms with Gasteiger partial charge in [-0.3, -0.25) is 4.79 Å². The molecular formula is C13H15BrF2O2. The fourth-order valence-corrected chi connectivity index (χ4v) is 2.07. The topological polar surface area (TPSA) is 37.3 Å². The number of carbonyl (C=O) groups is 1. The molecule has 1 N–H and O–H groups in total. The number of carbonyl (C=O) groups excluding carboxylic acids is 1. The van der Waals surface area contributed by atoms with Crippen molar-refractivity contribution in [2.24, 2.45) is 0 Å². The Hall–Kier alpha value is -0.810. The molecule has 18 heavy (non-hydrogen) atoms. The molecule has 0 bridgehead atoms. The first-order chi connectivity index (χ1) is 8.35. The van der Waals surface area contributed by atoms with E-state index in [-0.39, 0.29) is 22.9 Å². The molecule has 100 valence electrons. The smallest absolute Gasteiger partial charge is 0.168 e. The maximum absolute atomic E-state index is 13.7. The van der Waals surface area contributed by atoms with E-state index in [4.69, 9.17) is 0 Å². The van der Waals surface area contributed by atoms with E-state index in [9.17, 15) is 18.7 Å². The van der Waals surface area contributed by atoms with Crippen LogP contribution < -0.4 is 0 Å². The molecule has 0 spiro atoms. The maximum atomic E-state index is 13.7. The van der Waals surface area contributed by atoms with Crippen LogP contribution in [0.3, 0.4) is 0 Å². The van der Waals surface area contributed by atoms with Crippen LogP contribution >= 0.6 is 15.9 Å². The Morgan fingerprint density at radius 3 is 2.39 bits per heavy atom. The van der Waals surface area contributed by atoms with Gasteiger partial charge in [0.15, 0.2) is 5.78 Å². The van der Waals surface area contributed by atoms with Gasteiger partial charge in [-0.05, 0) is 40.9 Å². The predicted molar refractivity (Wildman–Crippen MR) is 68.3 cm³/mol. The standard InChI is InChI=1S/C13H15BrF2O2/c1-3-13(18,4-2)11(17)7-8-10(15)6-5-9(14)12(8)16/h5-6,18H,3-4,7H2,1-2H3. The lowest BCUT2D eigenvalue weighted by molar-refractivity contribution is -0.137. The van der Waals surface area contributed by atoms with Gasteiger partial charge in [-0.2, -0.15) is 0 Å². The van der Waals surface area contributed by atoms with Crippen molar-refractivity contribution in [2.45, 2.75) is 38.7 Å². The van der Waals surface area contributed by atoms with Crippen LogP contribution in [0.5, 0.6) is 0 Å². The van der Waals surface area contributed by atoms with Gasteiger partial charge in [-0.25, -0.2) is 8.78 Å². The number of benzene rings is 1. The molecule has 0 unspecified atom stereocenters. The third-order valence-electron chi connectivity index (χ3n) is 3.17. The molecule has 1 rings (SSSR count). The van der Waals surface area contributed by atoms with Crippen molar-refractivity contribution >= 4 is 21.7 Å². The molecule has 0 aliphatic heterocycles. The van der Waals surface area contributed by atoms with E-state index < -0.39 is 29.4 Å². The summed E-state index contributed by atoms with van der Waals surface area (Å²) >= 11 is 2.94. The number of rotatable bonds is 5. The van der Waals surface area contributed by atoms with Crippen molar-refractivity contribution in [3.05, 3.63) is 33.8 Å². The molecule has 0 radical (unpaired) electrons. The summed E-state index contributed by atoms with van der Waals surface area (Å²) in [4.78, 5) is 11.9. The summed E-state index contributed by atoms with van der Waals surface area (Å²) in [6.07, 6.45) is -0.00552. The molecule has 0 aliphatic carbocycles. The molecule has 1 aromatic rings. The zero-order valence-corrected chi connectivity index (χ0v) is 11.9. The number of aliphatic hydroxyl groups is 1. The maximum Gasteiger partial charge on any atom is 0.168 e. The van der Waals surface area contributed by atoms with Crippen LogP contribution in [-0.4, -0.2) is 16.5 Å². The van der Waals surface area contributed by atoms with Crippen molar-refractivity contribution in [3.63, 3.8) is 0 Å². The second kappa shape index (κ2) is 5.89. The van der Waals surface area contributed by atoms with Crippen LogP contribution in [0.1, 0.15) is 32.3 Å². The highest BCUT2D eigenvalue weighted by molar-refractivity contribution is 9.10. The minimum absolute atomic E-state index is 0.100. The fourth-order valence-electron chi connectivity index (χ4n) is 1.70. The molecule has 0 aliphatic rings. The highest BCUT2D eigenvalue weighted by atomic mass is 79.9. The summed E-state index contributed by atoms with van der Waals surface area (Å²) in [5.74, 6) is -2.14. The van der Waals surface area contributed by atoms with Gasteiger partial charge in [0.25, 0.3) is 0 Å². The van der Waals surface area contributed by atoms with Crippen molar-refractivity contribution in [1.82, 2.24) is 0 Å². The summed E-state index contributed by atoms with van der Waals surface area (Å²) in [5.41, 5.74) is -1.82. The minimum atomic E-state index is -1.51. The molecule has 0 atom stereocenters. The first-order valence-electron chi connectivity index (χ1n) is 5.73. The lowest BCUT2D eigenvalue weighted by atomic mass is 9.88. The van der Waals surface area contributed by atoms with Crippen molar-refractivity contribution in [1.29, 1.82) is 0 Å². The van der Waals surface area contributed by atoms with E-state index in [0.717, 1.165) is 6.07 Å². The van der Waals surface area contributed by atoms with E-state index in [1.165, 1.54) is 6.07 Å². The zero-order chi connectivity index (χ0) is 13.9. The normalized spacial score (nSPS) is 11.7. The molecule has 2 nitrogen and oxygen atoms in total. The molecular weight excluding hydrogens is 306 g/mol. The average molecular weight is 321 g/mol. The summed E-state index contributed by atoms with van der Waals surface area (Å²) in [5, 5.41) is 10.0. The summed E-state index contributed by atoms with van der Waals surface area (Å²) < 4.78 is 27.3. The van der Waals surface area contributed by atoms with Crippen molar-refractivity contribution < 1.29 is 18.7 Å². The minimum Gasteiger partial charge on any atom is -0.382 e. The summed E-state index contributed by atoms with van der Waals surface area (Å²) in [6, 6.07) is 2.33. The Balaban J connectivity index is 3.06. The Bertz CT molecular complexity index is 457. The van der Waals surface area contributed by atoms with Crippen LogP contribution in [0, 0.1) is 11.6 Å². The second-order valence-corrected chi connectivity index (χ2v) is 5.01. The van der Waals surface area contributed by atoms with Gasteiger partial charge in [-0.1, -0.05) is 13.8 Å². The summed E-state index contributed by atoms with van der Waals surface area (Å²) in [6.45, 7) is 3.32. The second-order valence-electron chi connectivity index (χ2n) is 4.16. The Kier molecular flexibility index (Phi) is 4.99. The van der Waals surface area contributed by atoms with Crippen molar-refractivity contribution in [2.75, 3.05) is 0 Å². The first kappa shape index (κ1) is 15.2. The fraction of sp³-hybridized carbons (Fsp3) is 0.462. The molecule has 5 heteroatoms. The van der Waals surface area contributed by atoms with Crippen molar-refractivity contribution in [3.8, 4) is 0 Å². The number of halogens is 3. The molecule has 0 aromatic heterocycles. The first-order valence-corrected chi connectivity index (χ1v) is 6.53. The van der Waals surface area contributed by atoms with E-state index in [2.05, 4.69) is 15.9 Å². The van der Waals surface area contributed by atoms with Gasteiger partial charge in [0.1, 0.15) is 17.2 Å². The predicted octanol–water partition coefficient (Wildman–Crippen LogP) is 3.39. The number of ketones is 1. The van der Waals surface area contributed by atoms with Crippen LogP contribution in [0.25, 0.3) is 0 Å². The molecule has 0 fully saturated rings. The van der Waals surface area contributed by atoms with E-state index in [0.29, 0.717) is 0 Å². The van der Waals surface area contributed by atoms with Crippen LogP contribution in [0.2, 0.25) is 0 Å². The van der Waals surface area contributed by atoms with E-state index in [1.807, 2.05) is 0 Å². The lowest BCUT2D eigenvalue weighted by Gasteiger charge is -2.23. The molecule has 0 saturated heterocycles. The zero-order valence-electron chi connectivity index (χ0n) is 10.3. The Labute approximate surface area is 113 Å². The van der Waals surface area contributed by atoms with Gasteiger partial charge < -0.3 is 5.11 Å². The van der Waals surface area contributed by atoms with Crippen LogP contribution in [0.4, 0.5) is 8.78 Å². The van der Waals surface area contributed by atoms with Crippen LogP contribution in [0.15, 0.2) is 16.6 Å². The number of hydrogen-bond donors (Lipinski definition) is 1. The molecule has 0 heterocycles.